The van der Waals surface area contributed by atoms with Gasteiger partial charge < -0.3 is 19.8 Å². The highest BCUT2D eigenvalue weighted by molar-refractivity contribution is 5.80. The molecule has 6 nitrogen and oxygen atoms in total. The van der Waals surface area contributed by atoms with E-state index in [1.807, 2.05) is 6.07 Å². The van der Waals surface area contributed by atoms with Gasteiger partial charge in [0.2, 0.25) is 0 Å². The van der Waals surface area contributed by atoms with Crippen molar-refractivity contribution in [2.45, 2.75) is 70.1 Å². The van der Waals surface area contributed by atoms with E-state index in [1.54, 1.807) is 6.26 Å². The molecule has 4 fully saturated rings. The summed E-state index contributed by atoms with van der Waals surface area (Å²) in [6.45, 7) is 6.96. The summed E-state index contributed by atoms with van der Waals surface area (Å²) >= 11 is 0. The number of nitrogens with one attached hydrogen (secondary N) is 2. The first kappa shape index (κ1) is 19.4. The van der Waals surface area contributed by atoms with Crippen LogP contribution in [0.1, 0.15) is 63.7 Å². The van der Waals surface area contributed by atoms with Gasteiger partial charge in [0, 0.05) is 30.5 Å². The Morgan fingerprint density at radius 2 is 2.10 bits per heavy atom. The van der Waals surface area contributed by atoms with E-state index in [2.05, 4.69) is 28.5 Å². The van der Waals surface area contributed by atoms with E-state index < -0.39 is 0 Å². The zero-order valence-electron chi connectivity index (χ0n) is 17.7. The monoisotopic (exact) mass is 400 g/mol. The largest absolute Gasteiger partial charge is 0.468 e. The molecule has 160 valence electrons. The lowest BCUT2D eigenvalue weighted by Gasteiger charge is -2.57. The molecule has 0 aromatic carbocycles. The minimum absolute atomic E-state index is 0.229. The maximum Gasteiger partial charge on any atom is 0.191 e. The van der Waals surface area contributed by atoms with Gasteiger partial charge in [-0.3, -0.25) is 9.89 Å². The minimum Gasteiger partial charge on any atom is -0.468 e. The van der Waals surface area contributed by atoms with E-state index in [4.69, 9.17) is 14.1 Å². The lowest BCUT2D eigenvalue weighted by molar-refractivity contribution is -0.125. The molecule has 4 aliphatic rings. The third kappa shape index (κ3) is 3.48. The number of nitrogens with zero attached hydrogens (tertiary/aromatic N) is 2. The van der Waals surface area contributed by atoms with Gasteiger partial charge >= 0.3 is 0 Å². The number of likely N-dealkylation sites (tertiary alicyclic amines) is 1. The number of rotatable bonds is 6. The summed E-state index contributed by atoms with van der Waals surface area (Å²) in [5.41, 5.74) is 0.340. The third-order valence-electron chi connectivity index (χ3n) is 7.80. The molecule has 1 aromatic heterocycles. The SMILES string of the molecule is CCNC(=NCC(c1ccco1)N1CCCC1)NC1C2CCOC2C12CCCC2. The number of ether oxygens (including phenoxy) is 1. The van der Waals surface area contributed by atoms with Crippen LogP contribution in [-0.4, -0.2) is 55.8 Å². The summed E-state index contributed by atoms with van der Waals surface area (Å²) in [6, 6.07) is 4.82. The maximum absolute atomic E-state index is 6.16. The summed E-state index contributed by atoms with van der Waals surface area (Å²) in [4.78, 5) is 7.58. The molecular formula is C23H36N4O2. The summed E-state index contributed by atoms with van der Waals surface area (Å²) in [5, 5.41) is 7.37. The predicted molar refractivity (Wildman–Crippen MR) is 114 cm³/mol. The fourth-order valence-electron chi connectivity index (χ4n) is 6.47. The lowest BCUT2D eigenvalue weighted by atomic mass is 9.54. The fourth-order valence-corrected chi connectivity index (χ4v) is 6.47. The number of hydrogen-bond acceptors (Lipinski definition) is 4. The molecule has 1 aromatic rings. The fraction of sp³-hybridized carbons (Fsp3) is 0.783. The first-order valence-electron chi connectivity index (χ1n) is 11.8. The Bertz CT molecular complexity index is 692. The molecule has 0 bridgehead atoms. The highest BCUT2D eigenvalue weighted by Gasteiger charge is 2.65. The zero-order chi connectivity index (χ0) is 19.7. The van der Waals surface area contributed by atoms with Gasteiger partial charge in [-0.05, 0) is 64.3 Å². The maximum atomic E-state index is 6.16. The molecule has 2 aliphatic heterocycles. The predicted octanol–water partition coefficient (Wildman–Crippen LogP) is 3.32. The van der Waals surface area contributed by atoms with Crippen molar-refractivity contribution in [2.75, 3.05) is 32.8 Å². The molecule has 1 spiro atoms. The molecule has 2 saturated heterocycles. The van der Waals surface area contributed by atoms with Crippen molar-refractivity contribution in [1.29, 1.82) is 0 Å². The molecule has 4 atom stereocenters. The first-order valence-corrected chi connectivity index (χ1v) is 11.8. The standard InChI is InChI=1S/C23H36N4O2/c1-2-24-22(25-16-18(19-8-7-14-28-19)27-12-5-6-13-27)26-20-17-9-15-29-21(17)23(20)10-3-4-11-23/h7-8,14,17-18,20-21H,2-6,9-13,15-16H2,1H3,(H2,24,25,26). The number of fused-ring (bicyclic) bond motifs is 2. The van der Waals surface area contributed by atoms with Crippen molar-refractivity contribution in [3.05, 3.63) is 24.2 Å². The van der Waals surface area contributed by atoms with Crippen LogP contribution in [0.25, 0.3) is 0 Å². The Kier molecular flexibility index (Phi) is 5.57. The van der Waals surface area contributed by atoms with Crippen molar-refractivity contribution in [2.24, 2.45) is 16.3 Å². The summed E-state index contributed by atoms with van der Waals surface area (Å²) < 4.78 is 11.9. The van der Waals surface area contributed by atoms with Gasteiger partial charge in [-0.2, -0.15) is 0 Å². The lowest BCUT2D eigenvalue weighted by Crippen LogP contribution is -2.69. The van der Waals surface area contributed by atoms with Gasteiger partial charge in [-0.1, -0.05) is 12.8 Å². The summed E-state index contributed by atoms with van der Waals surface area (Å²) in [7, 11) is 0. The first-order chi connectivity index (χ1) is 14.3. The van der Waals surface area contributed by atoms with Crippen LogP contribution in [0.15, 0.2) is 27.8 Å². The van der Waals surface area contributed by atoms with Gasteiger partial charge in [0.15, 0.2) is 5.96 Å². The van der Waals surface area contributed by atoms with Crippen LogP contribution in [0.4, 0.5) is 0 Å². The number of guanidine groups is 1. The van der Waals surface area contributed by atoms with E-state index in [0.717, 1.165) is 44.5 Å². The summed E-state index contributed by atoms with van der Waals surface area (Å²) in [5.74, 6) is 2.65. The molecule has 2 N–H and O–H groups in total. The average molecular weight is 401 g/mol. The molecule has 2 saturated carbocycles. The molecule has 29 heavy (non-hydrogen) atoms. The van der Waals surface area contributed by atoms with Crippen LogP contribution in [0.5, 0.6) is 0 Å². The average Bonchev–Trinajstić information content (AvgIpc) is 3.53. The molecule has 2 aliphatic carbocycles. The van der Waals surface area contributed by atoms with E-state index in [1.165, 1.54) is 44.9 Å². The van der Waals surface area contributed by atoms with Crippen LogP contribution < -0.4 is 10.6 Å². The molecule has 3 heterocycles. The Morgan fingerprint density at radius 3 is 2.83 bits per heavy atom. The smallest absolute Gasteiger partial charge is 0.191 e. The van der Waals surface area contributed by atoms with Crippen LogP contribution in [0, 0.1) is 11.3 Å². The van der Waals surface area contributed by atoms with Gasteiger partial charge in [0.1, 0.15) is 5.76 Å². The number of hydrogen-bond donors (Lipinski definition) is 2. The molecule has 4 unspecified atom stereocenters. The highest BCUT2D eigenvalue weighted by atomic mass is 16.5. The normalized spacial score (nSPS) is 32.3. The molecule has 5 rings (SSSR count). The van der Waals surface area contributed by atoms with Gasteiger partial charge in [0.05, 0.1) is 25.0 Å². The van der Waals surface area contributed by atoms with E-state index in [-0.39, 0.29) is 6.04 Å². The van der Waals surface area contributed by atoms with Gasteiger partial charge in [-0.25, -0.2) is 0 Å². The molecule has 6 heteroatoms. The van der Waals surface area contributed by atoms with Crippen molar-refractivity contribution < 1.29 is 9.15 Å². The topological polar surface area (TPSA) is 62.0 Å². The van der Waals surface area contributed by atoms with Crippen molar-refractivity contribution in [1.82, 2.24) is 15.5 Å². The Balaban J connectivity index is 1.32. The van der Waals surface area contributed by atoms with E-state index in [9.17, 15) is 0 Å². The highest BCUT2D eigenvalue weighted by Crippen LogP contribution is 2.60. The number of aliphatic imine (C=N–C) groups is 1. The van der Waals surface area contributed by atoms with Crippen LogP contribution in [0.3, 0.4) is 0 Å². The zero-order valence-corrected chi connectivity index (χ0v) is 17.7. The van der Waals surface area contributed by atoms with Crippen LogP contribution in [0.2, 0.25) is 0 Å². The van der Waals surface area contributed by atoms with Crippen molar-refractivity contribution in [3.8, 4) is 0 Å². The van der Waals surface area contributed by atoms with Crippen molar-refractivity contribution in [3.63, 3.8) is 0 Å². The minimum atomic E-state index is 0.229. The van der Waals surface area contributed by atoms with Crippen molar-refractivity contribution >= 4 is 5.96 Å². The third-order valence-corrected chi connectivity index (χ3v) is 7.80. The molecule has 0 amide bonds. The molecule has 0 radical (unpaired) electrons. The second-order valence-corrected chi connectivity index (χ2v) is 9.30. The second kappa shape index (κ2) is 8.31. The summed E-state index contributed by atoms with van der Waals surface area (Å²) in [6.07, 6.45) is 11.3. The van der Waals surface area contributed by atoms with Gasteiger partial charge in [0.25, 0.3) is 0 Å². The van der Waals surface area contributed by atoms with E-state index in [0.29, 0.717) is 23.5 Å². The molecular weight excluding hydrogens is 364 g/mol. The number of furan rings is 1. The van der Waals surface area contributed by atoms with Crippen LogP contribution in [-0.2, 0) is 4.74 Å². The Hall–Kier alpha value is -1.53. The Morgan fingerprint density at radius 1 is 1.28 bits per heavy atom. The Labute approximate surface area is 174 Å². The van der Waals surface area contributed by atoms with Gasteiger partial charge in [-0.15, -0.1) is 0 Å². The quantitative estimate of drug-likeness (QED) is 0.567. The van der Waals surface area contributed by atoms with Crippen LogP contribution >= 0.6 is 0 Å². The van der Waals surface area contributed by atoms with E-state index >= 15 is 0 Å². The second-order valence-electron chi connectivity index (χ2n) is 9.30.